The summed E-state index contributed by atoms with van der Waals surface area (Å²) in [6.07, 6.45) is 42.3. The van der Waals surface area contributed by atoms with Crippen molar-refractivity contribution < 1.29 is 52.6 Å². The van der Waals surface area contributed by atoms with Crippen molar-refractivity contribution in [3.63, 3.8) is 0 Å². The zero-order chi connectivity index (χ0) is 52.9. The van der Waals surface area contributed by atoms with Gasteiger partial charge in [-0.2, -0.15) is 0 Å². The molecule has 0 aliphatic heterocycles. The van der Waals surface area contributed by atoms with Crippen LogP contribution in [0.15, 0.2) is 91.1 Å². The van der Waals surface area contributed by atoms with Gasteiger partial charge < -0.3 is 34.4 Å². The smallest absolute Gasteiger partial charge is 0.340 e. The fraction of sp³-hybridized carbons (Fsp3) is 0.603. The minimum absolute atomic E-state index is 0.00916. The zero-order valence-corrected chi connectivity index (χ0v) is 46.0. The van der Waals surface area contributed by atoms with Crippen LogP contribution in [0, 0.1) is 0 Å². The summed E-state index contributed by atoms with van der Waals surface area (Å²) in [5.74, 6) is -0.978. The number of nitrogens with one attached hydrogen (secondary N) is 1. The van der Waals surface area contributed by atoms with Crippen LogP contribution in [0.25, 0.3) is 0 Å². The van der Waals surface area contributed by atoms with Crippen LogP contribution in [-0.2, 0) is 23.5 Å². The first-order valence-corrected chi connectivity index (χ1v) is 30.7. The monoisotopic (exact) mass is 1040 g/mol. The Labute approximate surface area is 433 Å². The second kappa shape index (κ2) is 38.7. The van der Waals surface area contributed by atoms with Crippen molar-refractivity contribution in [3.8, 4) is 11.5 Å². The Bertz CT molecular complexity index is 2010. The highest BCUT2D eigenvalue weighted by Crippen LogP contribution is 2.61. The van der Waals surface area contributed by atoms with E-state index in [1.54, 1.807) is 12.1 Å². The van der Waals surface area contributed by atoms with Crippen LogP contribution in [0.1, 0.15) is 230 Å². The zero-order valence-electron chi connectivity index (χ0n) is 44.2. The molecule has 0 aliphatic carbocycles. The predicted molar refractivity (Wildman–Crippen MR) is 295 cm³/mol. The number of amides is 1. The maximum Gasteiger partial charge on any atom is 0.340 e. The lowest BCUT2D eigenvalue weighted by atomic mass is 9.78. The number of hydrogen-bond donors (Lipinski definition) is 5. The number of carbonyl (C=O) groups excluding carboxylic acids is 3. The minimum Gasteiger partial charge on any atom is -0.427 e. The minimum atomic E-state index is -5.24. The van der Waals surface area contributed by atoms with Crippen molar-refractivity contribution in [2.45, 2.75) is 225 Å². The quantitative estimate of drug-likeness (QED) is 0.0140. The van der Waals surface area contributed by atoms with Gasteiger partial charge in [0.25, 0.3) is 0 Å². The Morgan fingerprint density at radius 3 is 1.39 bits per heavy atom. The molecular formula is C58H91NO11P2. The summed E-state index contributed by atoms with van der Waals surface area (Å²) < 4.78 is 35.3. The molecule has 14 heteroatoms. The van der Waals surface area contributed by atoms with Crippen LogP contribution >= 0.6 is 15.2 Å². The number of unbranched alkanes of at least 4 members (excludes halogenated alkanes) is 16. The number of esters is 2. The highest BCUT2D eigenvalue weighted by molar-refractivity contribution is 7.70. The SMILES string of the molecule is CCCCC/C=C\C/C=C\CCCCCCCC(=O)Oc1ccc(C(CC)C(CC)c2ccc(OC(=O)CCCCCCC/C=C\C/C=C\CCCCC)c(NC(=O)CCC(P(=O)(O)O)P(=O)(O)O)c2)cc1. The van der Waals surface area contributed by atoms with Gasteiger partial charge in [0.15, 0.2) is 11.1 Å². The standard InChI is InChI=1S/C58H91NO11P2/c1-5-9-11-13-15-17-19-21-23-25-27-29-31-33-35-37-56(61)69-50-42-39-48(40-43-50)51(7-3)52(8-4)49-41-44-54(53(47-49)59-55(60)45-46-58(71(63,64)65)72(66,67)68)70-57(62)38-36-34-32-30-28-26-24-22-20-18-16-14-12-10-6-2/h15-18,21-24,39-44,47,51-52,58H,5-14,19-20,25-38,45-46H2,1-4H3,(H,59,60)(H2,63,64,65)(H2,66,67,68)/b17-15-,18-16-,23-21-,24-22-. The van der Waals surface area contributed by atoms with Gasteiger partial charge in [-0.25, -0.2) is 0 Å². The third-order valence-corrected chi connectivity index (χ3v) is 16.8. The molecule has 0 fully saturated rings. The second-order valence-electron chi connectivity index (χ2n) is 19.0. The van der Waals surface area contributed by atoms with Gasteiger partial charge in [-0.05, 0) is 144 Å². The summed E-state index contributed by atoms with van der Waals surface area (Å²) in [6.45, 7) is 8.57. The van der Waals surface area contributed by atoms with E-state index in [2.05, 4.69) is 81.6 Å². The van der Waals surface area contributed by atoms with E-state index in [9.17, 15) is 43.1 Å². The molecule has 0 aliphatic rings. The molecule has 0 aromatic heterocycles. The number of carbonyl (C=O) groups is 3. The third kappa shape index (κ3) is 29.1. The maximum atomic E-state index is 13.3. The van der Waals surface area contributed by atoms with Crippen molar-refractivity contribution in [2.24, 2.45) is 0 Å². The highest BCUT2D eigenvalue weighted by atomic mass is 31.2. The molecule has 72 heavy (non-hydrogen) atoms. The third-order valence-electron chi connectivity index (χ3n) is 12.9. The van der Waals surface area contributed by atoms with E-state index in [0.29, 0.717) is 25.0 Å². The van der Waals surface area contributed by atoms with Crippen LogP contribution in [0.3, 0.4) is 0 Å². The topological polar surface area (TPSA) is 197 Å². The van der Waals surface area contributed by atoms with Gasteiger partial charge in [0, 0.05) is 19.3 Å². The Kier molecular flexibility index (Phi) is 34.5. The summed E-state index contributed by atoms with van der Waals surface area (Å²) in [4.78, 5) is 77.6. The van der Waals surface area contributed by atoms with Gasteiger partial charge in [0.05, 0.1) is 5.69 Å². The average Bonchev–Trinajstić information content (AvgIpc) is 3.33. The molecule has 2 unspecified atom stereocenters. The summed E-state index contributed by atoms with van der Waals surface area (Å²) >= 11 is 0. The van der Waals surface area contributed by atoms with E-state index in [0.717, 1.165) is 107 Å². The van der Waals surface area contributed by atoms with E-state index < -0.39 is 45.3 Å². The molecule has 2 aromatic carbocycles. The van der Waals surface area contributed by atoms with E-state index in [-0.39, 0.29) is 35.7 Å². The van der Waals surface area contributed by atoms with Gasteiger partial charge in [-0.15, -0.1) is 0 Å². The fourth-order valence-electron chi connectivity index (χ4n) is 8.78. The van der Waals surface area contributed by atoms with Crippen LogP contribution in [0.5, 0.6) is 11.5 Å². The average molecular weight is 1040 g/mol. The summed E-state index contributed by atoms with van der Waals surface area (Å²) in [7, 11) is -10.5. The molecule has 0 spiro atoms. The van der Waals surface area contributed by atoms with Crippen molar-refractivity contribution in [1.82, 2.24) is 0 Å². The van der Waals surface area contributed by atoms with E-state index in [4.69, 9.17) is 9.47 Å². The first-order chi connectivity index (χ1) is 34.6. The Morgan fingerprint density at radius 1 is 0.514 bits per heavy atom. The lowest BCUT2D eigenvalue weighted by molar-refractivity contribution is -0.135. The Hall–Kier alpha value is -3.89. The number of rotatable bonds is 41. The first kappa shape index (κ1) is 64.2. The van der Waals surface area contributed by atoms with Crippen molar-refractivity contribution >= 4 is 38.7 Å². The normalized spacial score (nSPS) is 13.2. The van der Waals surface area contributed by atoms with E-state index >= 15 is 0 Å². The van der Waals surface area contributed by atoms with Gasteiger partial charge in [0.2, 0.25) is 5.91 Å². The summed E-state index contributed by atoms with van der Waals surface area (Å²) in [5, 5.41) is 0.366. The summed E-state index contributed by atoms with van der Waals surface area (Å²) in [5.41, 5.74) is 2.02. The molecule has 5 N–H and O–H groups in total. The van der Waals surface area contributed by atoms with Crippen molar-refractivity contribution in [3.05, 3.63) is 102 Å². The molecule has 0 radical (unpaired) electrons. The molecule has 0 saturated carbocycles. The number of allylic oxidation sites excluding steroid dienone is 8. The van der Waals surface area contributed by atoms with Gasteiger partial charge >= 0.3 is 27.1 Å². The molecule has 2 aromatic rings. The van der Waals surface area contributed by atoms with E-state index in [1.807, 2.05) is 30.3 Å². The molecule has 0 heterocycles. The van der Waals surface area contributed by atoms with Gasteiger partial charge in [-0.3, -0.25) is 23.5 Å². The first-order valence-electron chi connectivity index (χ1n) is 27.3. The molecule has 404 valence electrons. The number of hydrogen-bond acceptors (Lipinski definition) is 7. The molecule has 12 nitrogen and oxygen atoms in total. The predicted octanol–water partition coefficient (Wildman–Crippen LogP) is 16.2. The molecule has 2 rings (SSSR count). The molecular weight excluding hydrogens is 949 g/mol. The number of ether oxygens (including phenoxy) is 2. The second-order valence-corrected chi connectivity index (χ2v) is 23.0. The van der Waals surface area contributed by atoms with E-state index in [1.165, 1.54) is 44.9 Å². The molecule has 0 saturated heterocycles. The molecule has 0 bridgehead atoms. The van der Waals surface area contributed by atoms with Crippen molar-refractivity contribution in [2.75, 3.05) is 5.32 Å². The highest BCUT2D eigenvalue weighted by Gasteiger charge is 2.43. The number of anilines is 1. The summed E-state index contributed by atoms with van der Waals surface area (Å²) in [6, 6.07) is 12.7. The van der Waals surface area contributed by atoms with Crippen LogP contribution in [-0.4, -0.2) is 42.8 Å². The fourth-order valence-corrected chi connectivity index (χ4v) is 11.3. The van der Waals surface area contributed by atoms with Crippen LogP contribution in [0.4, 0.5) is 5.69 Å². The lowest BCUT2D eigenvalue weighted by Gasteiger charge is -2.27. The largest absolute Gasteiger partial charge is 0.427 e. The Balaban J connectivity index is 2.02. The van der Waals surface area contributed by atoms with Gasteiger partial charge in [-0.1, -0.05) is 159 Å². The molecule has 1 amide bonds. The van der Waals surface area contributed by atoms with Crippen LogP contribution < -0.4 is 14.8 Å². The van der Waals surface area contributed by atoms with Gasteiger partial charge in [0.1, 0.15) is 5.75 Å². The van der Waals surface area contributed by atoms with Crippen LogP contribution in [0.2, 0.25) is 0 Å². The lowest BCUT2D eigenvalue weighted by Crippen LogP contribution is -2.18. The van der Waals surface area contributed by atoms with Crippen molar-refractivity contribution in [1.29, 1.82) is 0 Å². The maximum absolute atomic E-state index is 13.3. The molecule has 2 atom stereocenters. The number of benzene rings is 2. The Morgan fingerprint density at radius 2 is 0.931 bits per heavy atom.